The predicted molar refractivity (Wildman–Crippen MR) is 79.7 cm³/mol. The lowest BCUT2D eigenvalue weighted by molar-refractivity contribution is -0.119. The van der Waals surface area contributed by atoms with E-state index in [0.29, 0.717) is 19.3 Å². The van der Waals surface area contributed by atoms with Gasteiger partial charge in [-0.25, -0.2) is 8.42 Å². The normalized spacial score (nSPS) is 13.1. The lowest BCUT2D eigenvalue weighted by Crippen LogP contribution is -2.39. The van der Waals surface area contributed by atoms with E-state index in [1.54, 1.807) is 0 Å². The Hall–Kier alpha value is -0.910. The fourth-order valence-electron chi connectivity index (χ4n) is 2.65. The lowest BCUT2D eigenvalue weighted by atomic mass is 9.74. The summed E-state index contributed by atoms with van der Waals surface area (Å²) in [4.78, 5) is 22.0. The van der Waals surface area contributed by atoms with Crippen LogP contribution in [-0.4, -0.2) is 26.4 Å². The molecule has 0 unspecified atom stereocenters. The molecule has 5 nitrogen and oxygen atoms in total. The van der Waals surface area contributed by atoms with Crippen molar-refractivity contribution in [3.05, 3.63) is 0 Å². The van der Waals surface area contributed by atoms with E-state index in [2.05, 4.69) is 4.72 Å². The molecule has 0 aromatic rings. The Morgan fingerprint density at radius 2 is 1.70 bits per heavy atom. The molecule has 0 rings (SSSR count). The van der Waals surface area contributed by atoms with Crippen molar-refractivity contribution >= 4 is 22.2 Å². The summed E-state index contributed by atoms with van der Waals surface area (Å²) in [5, 5.41) is 0. The Bertz CT molecular complexity index is 438. The van der Waals surface area contributed by atoms with E-state index >= 15 is 0 Å². The molecule has 0 aliphatic carbocycles. The van der Waals surface area contributed by atoms with Crippen molar-refractivity contribution in [2.45, 2.75) is 60.3 Å². The van der Waals surface area contributed by atoms with E-state index in [1.807, 2.05) is 34.6 Å². The summed E-state index contributed by atoms with van der Waals surface area (Å²) >= 11 is 0. The molecule has 0 aliphatic heterocycles. The molecule has 6 heteroatoms. The van der Waals surface area contributed by atoms with E-state index in [9.17, 15) is 18.0 Å². The Morgan fingerprint density at radius 1 is 1.15 bits per heavy atom. The van der Waals surface area contributed by atoms with Crippen LogP contribution in [0.3, 0.4) is 0 Å². The van der Waals surface area contributed by atoms with Crippen molar-refractivity contribution in [3.8, 4) is 0 Å². The van der Waals surface area contributed by atoms with E-state index in [0.717, 1.165) is 6.29 Å². The number of carbonyl (C=O) groups is 2. The second-order valence-corrected chi connectivity index (χ2v) is 8.63. The fourth-order valence-corrected chi connectivity index (χ4v) is 4.30. The summed E-state index contributed by atoms with van der Waals surface area (Å²) < 4.78 is 26.0. The van der Waals surface area contributed by atoms with E-state index < -0.39 is 21.3 Å². The average Bonchev–Trinajstić information content (AvgIpc) is 2.11. The van der Waals surface area contributed by atoms with Gasteiger partial charge in [-0.15, -0.1) is 0 Å². The number of aldehydes is 1. The highest BCUT2D eigenvalue weighted by atomic mass is 32.2. The average molecular weight is 305 g/mol. The molecule has 1 amide bonds. The molecule has 1 N–H and O–H groups in total. The van der Waals surface area contributed by atoms with Crippen LogP contribution < -0.4 is 4.72 Å². The number of carbonyl (C=O) groups excluding carboxylic acids is 2. The highest BCUT2D eigenvalue weighted by Gasteiger charge is 2.33. The highest BCUT2D eigenvalue weighted by Crippen LogP contribution is 2.36. The van der Waals surface area contributed by atoms with Crippen LogP contribution in [0, 0.1) is 10.8 Å². The van der Waals surface area contributed by atoms with Gasteiger partial charge in [0.2, 0.25) is 15.9 Å². The van der Waals surface area contributed by atoms with Crippen LogP contribution in [0.25, 0.3) is 0 Å². The molecule has 0 fully saturated rings. The molecule has 0 aromatic carbocycles. The summed E-state index contributed by atoms with van der Waals surface area (Å²) in [7, 11) is -3.64. The summed E-state index contributed by atoms with van der Waals surface area (Å²) in [5.41, 5.74) is -0.765. The van der Waals surface area contributed by atoms with Gasteiger partial charge >= 0.3 is 0 Å². The quantitative estimate of drug-likeness (QED) is 0.663. The first-order valence-electron chi connectivity index (χ1n) is 6.90. The van der Waals surface area contributed by atoms with Gasteiger partial charge in [-0.05, 0) is 23.7 Å². The molecule has 0 heterocycles. The number of hydrogen-bond acceptors (Lipinski definition) is 4. The maximum Gasteiger partial charge on any atom is 0.235 e. The number of hydrogen-bond donors (Lipinski definition) is 1. The lowest BCUT2D eigenvalue weighted by Gasteiger charge is -2.33. The molecule has 0 aliphatic rings. The van der Waals surface area contributed by atoms with Crippen LogP contribution in [-0.2, 0) is 19.6 Å². The highest BCUT2D eigenvalue weighted by molar-refractivity contribution is 7.90. The SMILES string of the molecule is CCCC(=O)NS(=O)(=O)CC(C)(C)CC(C)(C)CC=O. The Labute approximate surface area is 122 Å². The van der Waals surface area contributed by atoms with Crippen molar-refractivity contribution in [2.24, 2.45) is 10.8 Å². The molecule has 0 bridgehead atoms. The van der Waals surface area contributed by atoms with Crippen LogP contribution in [0.1, 0.15) is 60.3 Å². The van der Waals surface area contributed by atoms with Crippen LogP contribution in [0.5, 0.6) is 0 Å². The third-order valence-corrected chi connectivity index (χ3v) is 4.62. The molecule has 0 saturated heterocycles. The van der Waals surface area contributed by atoms with Gasteiger partial charge in [0.1, 0.15) is 6.29 Å². The first kappa shape index (κ1) is 19.1. The van der Waals surface area contributed by atoms with Gasteiger partial charge in [-0.2, -0.15) is 0 Å². The smallest absolute Gasteiger partial charge is 0.235 e. The summed E-state index contributed by atoms with van der Waals surface area (Å²) in [5.74, 6) is -0.590. The maximum atomic E-state index is 12.0. The van der Waals surface area contributed by atoms with Crippen LogP contribution in [0.2, 0.25) is 0 Å². The topological polar surface area (TPSA) is 80.3 Å². The molecule has 0 atom stereocenters. The maximum absolute atomic E-state index is 12.0. The van der Waals surface area contributed by atoms with Gasteiger partial charge in [0.25, 0.3) is 0 Å². The van der Waals surface area contributed by atoms with Crippen LogP contribution in [0.15, 0.2) is 0 Å². The molecule has 0 aromatic heterocycles. The van der Waals surface area contributed by atoms with Crippen LogP contribution >= 0.6 is 0 Å². The molecule has 118 valence electrons. The minimum Gasteiger partial charge on any atom is -0.303 e. The van der Waals surface area contributed by atoms with Gasteiger partial charge in [-0.3, -0.25) is 9.52 Å². The monoisotopic (exact) mass is 305 g/mol. The van der Waals surface area contributed by atoms with Crippen molar-refractivity contribution in [1.82, 2.24) is 4.72 Å². The number of rotatable bonds is 9. The first-order valence-corrected chi connectivity index (χ1v) is 8.55. The fraction of sp³-hybridized carbons (Fsp3) is 0.857. The number of sulfonamides is 1. The Kier molecular flexibility index (Phi) is 6.87. The second-order valence-electron chi connectivity index (χ2n) is 6.91. The summed E-state index contributed by atoms with van der Waals surface area (Å²) in [6, 6.07) is 0. The molecular weight excluding hydrogens is 278 g/mol. The van der Waals surface area contributed by atoms with E-state index in [4.69, 9.17) is 0 Å². The third-order valence-electron chi connectivity index (χ3n) is 2.92. The zero-order chi connectivity index (χ0) is 16.0. The molecular formula is C14H27NO4S. The molecule has 0 spiro atoms. The molecule has 0 radical (unpaired) electrons. The second kappa shape index (κ2) is 7.20. The van der Waals surface area contributed by atoms with E-state index in [-0.39, 0.29) is 17.6 Å². The first-order chi connectivity index (χ1) is 8.93. The number of amides is 1. The number of nitrogens with one attached hydrogen (secondary N) is 1. The zero-order valence-corrected chi connectivity index (χ0v) is 14.0. The predicted octanol–water partition coefficient (Wildman–Crippen LogP) is 2.26. The standard InChI is InChI=1S/C14H27NO4S/c1-6-7-12(17)15-20(18,19)11-14(4,5)10-13(2,3)8-9-16/h9H,6-8,10-11H2,1-5H3,(H,15,17). The minimum atomic E-state index is -3.64. The zero-order valence-electron chi connectivity index (χ0n) is 13.2. The van der Waals surface area contributed by atoms with Gasteiger partial charge in [-0.1, -0.05) is 34.6 Å². The van der Waals surface area contributed by atoms with Crippen molar-refractivity contribution in [3.63, 3.8) is 0 Å². The Balaban J connectivity index is 4.73. The summed E-state index contributed by atoms with van der Waals surface area (Å²) in [6.45, 7) is 9.36. The van der Waals surface area contributed by atoms with Crippen molar-refractivity contribution < 1.29 is 18.0 Å². The molecule has 0 saturated carbocycles. The van der Waals surface area contributed by atoms with Crippen molar-refractivity contribution in [2.75, 3.05) is 5.75 Å². The van der Waals surface area contributed by atoms with Gasteiger partial charge in [0.15, 0.2) is 0 Å². The van der Waals surface area contributed by atoms with Gasteiger partial charge in [0.05, 0.1) is 5.75 Å². The van der Waals surface area contributed by atoms with E-state index in [1.165, 1.54) is 0 Å². The molecule has 20 heavy (non-hydrogen) atoms. The van der Waals surface area contributed by atoms with Gasteiger partial charge < -0.3 is 4.79 Å². The largest absolute Gasteiger partial charge is 0.303 e. The van der Waals surface area contributed by atoms with Crippen molar-refractivity contribution in [1.29, 1.82) is 0 Å². The van der Waals surface area contributed by atoms with Crippen LogP contribution in [0.4, 0.5) is 0 Å². The summed E-state index contributed by atoms with van der Waals surface area (Å²) in [6.07, 6.45) is 2.64. The van der Waals surface area contributed by atoms with Gasteiger partial charge in [0, 0.05) is 12.8 Å². The third kappa shape index (κ3) is 8.30. The minimum absolute atomic E-state index is 0.127. The Morgan fingerprint density at radius 3 is 2.15 bits per heavy atom.